The van der Waals surface area contributed by atoms with Crippen molar-refractivity contribution in [3.63, 3.8) is 0 Å². The maximum absolute atomic E-state index is 13.1. The van der Waals surface area contributed by atoms with Crippen molar-refractivity contribution >= 4 is 39.5 Å². The number of phosphoric acid groups is 2. The second kappa shape index (κ2) is 72.8. The van der Waals surface area contributed by atoms with E-state index in [-0.39, 0.29) is 25.7 Å². The lowest BCUT2D eigenvalue weighted by atomic mass is 10.1. The zero-order valence-electron chi connectivity index (χ0n) is 62.6. The lowest BCUT2D eigenvalue weighted by molar-refractivity contribution is -0.161. The monoisotopic (exact) mass is 1440 g/mol. The van der Waals surface area contributed by atoms with Gasteiger partial charge >= 0.3 is 39.5 Å². The fourth-order valence-electron chi connectivity index (χ4n) is 10.00. The first kappa shape index (κ1) is 95.5. The van der Waals surface area contributed by atoms with Gasteiger partial charge in [0.25, 0.3) is 0 Å². The molecule has 0 heterocycles. The molecule has 0 saturated heterocycles. The minimum Gasteiger partial charge on any atom is -0.462 e. The number of esters is 4. The van der Waals surface area contributed by atoms with E-state index in [1.807, 2.05) is 18.2 Å². The standard InChI is InChI=1S/C81H138O17P2/c1-5-9-13-17-21-25-29-31-33-35-37-39-41-43-47-50-54-58-62-66-79(84)92-72-77(98-81(86)68-64-60-56-52-48-44-42-40-38-36-34-32-30-26-22-18-14-10-6-2)74-96-100(89,90)94-70-75(82)69-93-99(87,88)95-73-76(97-80(85)67-63-59-55-51-46-28-24-20-16-12-8-4)71-91-78(83)65-61-57-53-49-45-27-23-19-15-11-7-3/h9,13,19,21-23,25-26,31-34,37-40,43,47,54,58,75-77,82H,5-8,10-12,14-18,20,24,27-30,35-36,41-42,44-46,48-53,55-57,59-74H2,1-4H3,(H,87,88)(H,89,90)/b13-9-,23-19-,25-21-,26-22-,33-31-,34-32-,39-37-,40-38-,47-43-,58-54-. The Hall–Kier alpha value is -4.54. The normalized spacial score (nSPS) is 14.6. The highest BCUT2D eigenvalue weighted by atomic mass is 31.2. The highest BCUT2D eigenvalue weighted by molar-refractivity contribution is 7.47. The molecule has 5 atom stereocenters. The van der Waals surface area contributed by atoms with Crippen LogP contribution in [0.15, 0.2) is 122 Å². The van der Waals surface area contributed by atoms with E-state index in [4.69, 9.17) is 37.0 Å². The molecule has 0 aromatic carbocycles. The zero-order valence-corrected chi connectivity index (χ0v) is 64.4. The highest BCUT2D eigenvalue weighted by Gasteiger charge is 2.30. The van der Waals surface area contributed by atoms with E-state index in [2.05, 4.69) is 131 Å². The van der Waals surface area contributed by atoms with Gasteiger partial charge in [0.2, 0.25) is 0 Å². The Balaban J connectivity index is 5.41. The molecule has 19 heteroatoms. The van der Waals surface area contributed by atoms with Crippen LogP contribution in [0, 0.1) is 0 Å². The maximum Gasteiger partial charge on any atom is 0.472 e. The van der Waals surface area contributed by atoms with Crippen LogP contribution in [0.5, 0.6) is 0 Å². The van der Waals surface area contributed by atoms with Gasteiger partial charge in [0, 0.05) is 25.7 Å². The van der Waals surface area contributed by atoms with E-state index in [0.717, 1.165) is 154 Å². The molecule has 0 saturated carbocycles. The van der Waals surface area contributed by atoms with Gasteiger partial charge in [0.05, 0.1) is 26.4 Å². The minimum absolute atomic E-state index is 0.0311. The van der Waals surface area contributed by atoms with Crippen molar-refractivity contribution in [2.24, 2.45) is 0 Å². The van der Waals surface area contributed by atoms with Crippen molar-refractivity contribution in [2.45, 2.75) is 329 Å². The number of unbranched alkanes of at least 4 members (excludes halogenated alkanes) is 26. The lowest BCUT2D eigenvalue weighted by Crippen LogP contribution is -2.30. The molecule has 3 N–H and O–H groups in total. The van der Waals surface area contributed by atoms with Gasteiger partial charge in [0.15, 0.2) is 12.2 Å². The van der Waals surface area contributed by atoms with Crippen LogP contribution in [-0.2, 0) is 65.4 Å². The van der Waals surface area contributed by atoms with Crippen LogP contribution in [0.2, 0.25) is 0 Å². The summed E-state index contributed by atoms with van der Waals surface area (Å²) in [6, 6.07) is 0. The Morgan fingerprint density at radius 1 is 0.290 bits per heavy atom. The molecule has 0 aromatic heterocycles. The van der Waals surface area contributed by atoms with E-state index in [9.17, 15) is 43.2 Å². The first-order valence-corrected chi connectivity index (χ1v) is 41.8. The van der Waals surface area contributed by atoms with Gasteiger partial charge in [-0.05, 0) is 122 Å². The van der Waals surface area contributed by atoms with Crippen LogP contribution < -0.4 is 0 Å². The van der Waals surface area contributed by atoms with Crippen LogP contribution in [0.1, 0.15) is 310 Å². The number of aliphatic hydroxyl groups excluding tert-OH is 1. The zero-order chi connectivity index (χ0) is 73.2. The summed E-state index contributed by atoms with van der Waals surface area (Å²) in [6.45, 7) is 4.58. The Morgan fingerprint density at radius 2 is 0.550 bits per heavy atom. The second-order valence-electron chi connectivity index (χ2n) is 25.6. The number of ether oxygens (including phenoxy) is 4. The first-order chi connectivity index (χ1) is 48.7. The van der Waals surface area contributed by atoms with E-state index < -0.39 is 97.5 Å². The number of rotatable bonds is 72. The fourth-order valence-corrected chi connectivity index (χ4v) is 11.6. The summed E-state index contributed by atoms with van der Waals surface area (Å²) in [5, 5.41) is 10.6. The smallest absolute Gasteiger partial charge is 0.462 e. The fraction of sp³-hybridized carbons (Fsp3) is 0.704. The van der Waals surface area contributed by atoms with Crippen molar-refractivity contribution in [3.05, 3.63) is 122 Å². The first-order valence-electron chi connectivity index (χ1n) is 38.8. The predicted molar refractivity (Wildman–Crippen MR) is 408 cm³/mol. The molecule has 0 aliphatic heterocycles. The van der Waals surface area contributed by atoms with Gasteiger partial charge in [-0.15, -0.1) is 0 Å². The van der Waals surface area contributed by atoms with Gasteiger partial charge in [0.1, 0.15) is 19.3 Å². The topological polar surface area (TPSA) is 237 Å². The van der Waals surface area contributed by atoms with Crippen LogP contribution in [-0.4, -0.2) is 96.7 Å². The second-order valence-corrected chi connectivity index (χ2v) is 28.5. The molecular formula is C81H138O17P2. The van der Waals surface area contributed by atoms with Gasteiger partial charge in [-0.1, -0.05) is 284 Å². The Labute approximate surface area is 606 Å². The summed E-state index contributed by atoms with van der Waals surface area (Å²) in [6.07, 6.45) is 79.2. The molecule has 0 bridgehead atoms. The van der Waals surface area contributed by atoms with Gasteiger partial charge in [-0.3, -0.25) is 37.3 Å². The van der Waals surface area contributed by atoms with Gasteiger partial charge < -0.3 is 33.8 Å². The van der Waals surface area contributed by atoms with Crippen LogP contribution in [0.3, 0.4) is 0 Å². The van der Waals surface area contributed by atoms with Crippen molar-refractivity contribution in [2.75, 3.05) is 39.6 Å². The summed E-state index contributed by atoms with van der Waals surface area (Å²) in [5.41, 5.74) is 0. The number of carbonyl (C=O) groups is 4. The average Bonchev–Trinajstić information content (AvgIpc) is 1.06. The average molecular weight is 1450 g/mol. The third-order valence-electron chi connectivity index (χ3n) is 15.9. The van der Waals surface area contributed by atoms with Gasteiger partial charge in [-0.25, -0.2) is 9.13 Å². The summed E-state index contributed by atoms with van der Waals surface area (Å²) in [5.74, 6) is -2.29. The molecule has 0 aromatic rings. The van der Waals surface area contributed by atoms with E-state index >= 15 is 0 Å². The molecule has 100 heavy (non-hydrogen) atoms. The van der Waals surface area contributed by atoms with Crippen LogP contribution in [0.4, 0.5) is 0 Å². The Bertz CT molecular complexity index is 2370. The molecule has 0 amide bonds. The van der Waals surface area contributed by atoms with E-state index in [1.54, 1.807) is 0 Å². The maximum atomic E-state index is 13.1. The number of aliphatic hydroxyl groups is 1. The van der Waals surface area contributed by atoms with Crippen molar-refractivity contribution in [1.82, 2.24) is 0 Å². The number of hydrogen-bond donors (Lipinski definition) is 3. The minimum atomic E-state index is -5.00. The number of allylic oxidation sites excluding steroid dienone is 20. The summed E-state index contributed by atoms with van der Waals surface area (Å²) < 4.78 is 68.3. The number of phosphoric ester groups is 2. The summed E-state index contributed by atoms with van der Waals surface area (Å²) in [7, 11) is -9.97. The van der Waals surface area contributed by atoms with E-state index in [0.29, 0.717) is 32.1 Å². The Kier molecular flexibility index (Phi) is 69.5. The molecule has 574 valence electrons. The summed E-state index contributed by atoms with van der Waals surface area (Å²) >= 11 is 0. The quantitative estimate of drug-likeness (QED) is 0.0169. The molecule has 5 unspecified atom stereocenters. The molecule has 0 spiro atoms. The van der Waals surface area contributed by atoms with Crippen LogP contribution in [0.25, 0.3) is 0 Å². The molecule has 17 nitrogen and oxygen atoms in total. The largest absolute Gasteiger partial charge is 0.472 e. The highest BCUT2D eigenvalue weighted by Crippen LogP contribution is 2.45. The molecule has 0 aliphatic rings. The SMILES string of the molecule is CC/C=C\C/C=C\C/C=C\C/C=C\C/C=C\C/C=C\CCC(=O)OCC(COP(=O)(O)OCC(O)COP(=O)(O)OCC(COC(=O)CCCCCCC/C=C\CCCC)OC(=O)CCCCCCCCCCCCC)OC(=O)CCCCCCCC/C=C\C/C=C\C/C=C\CCCCC. The van der Waals surface area contributed by atoms with Crippen molar-refractivity contribution < 1.29 is 80.2 Å². The lowest BCUT2D eigenvalue weighted by Gasteiger charge is -2.21. The molecule has 0 aliphatic carbocycles. The van der Waals surface area contributed by atoms with Crippen LogP contribution >= 0.6 is 15.6 Å². The Morgan fingerprint density at radius 3 is 0.920 bits per heavy atom. The van der Waals surface area contributed by atoms with Crippen molar-refractivity contribution in [3.8, 4) is 0 Å². The third kappa shape index (κ3) is 71.8. The predicted octanol–water partition coefficient (Wildman–Crippen LogP) is 22.3. The van der Waals surface area contributed by atoms with E-state index in [1.165, 1.54) is 70.6 Å². The number of carbonyl (C=O) groups excluding carboxylic acids is 4. The molecule has 0 fully saturated rings. The third-order valence-corrected chi connectivity index (χ3v) is 17.8. The summed E-state index contributed by atoms with van der Waals surface area (Å²) in [4.78, 5) is 72.8. The molecular weight excluding hydrogens is 1310 g/mol. The van der Waals surface area contributed by atoms with Crippen molar-refractivity contribution in [1.29, 1.82) is 0 Å². The number of hydrogen-bond acceptors (Lipinski definition) is 15. The van der Waals surface area contributed by atoms with Gasteiger partial charge in [-0.2, -0.15) is 0 Å². The molecule has 0 radical (unpaired) electrons. The molecule has 0 rings (SSSR count).